The highest BCUT2D eigenvalue weighted by atomic mass is 16.3. The molecule has 2 heteroatoms. The second-order valence-electron chi connectivity index (χ2n) is 4.69. The second-order valence-corrected chi connectivity index (χ2v) is 4.69. The Morgan fingerprint density at radius 1 is 1.33 bits per heavy atom. The molecule has 2 atom stereocenters. The van der Waals surface area contributed by atoms with E-state index in [-0.39, 0.29) is 0 Å². The maximum Gasteiger partial charge on any atom is 0.127 e. The molecule has 0 bridgehead atoms. The summed E-state index contributed by atoms with van der Waals surface area (Å²) in [6, 6.07) is 6.34. The molecule has 2 unspecified atom stereocenters. The lowest BCUT2D eigenvalue weighted by atomic mass is 10.0. The minimum Gasteiger partial charge on any atom is -0.507 e. The first kappa shape index (κ1) is 8.96. The van der Waals surface area contributed by atoms with Crippen LogP contribution >= 0.6 is 0 Å². The van der Waals surface area contributed by atoms with Crippen LogP contribution in [0.25, 0.3) is 0 Å². The van der Waals surface area contributed by atoms with E-state index >= 15 is 0 Å². The van der Waals surface area contributed by atoms with Crippen molar-refractivity contribution < 1.29 is 5.11 Å². The number of para-hydroxylation sites is 1. The molecule has 1 N–H and O–H groups in total. The van der Waals surface area contributed by atoms with Crippen LogP contribution in [0.15, 0.2) is 23.2 Å². The predicted molar refractivity (Wildman–Crippen MR) is 60.4 cm³/mol. The number of aliphatic imine (C=N–C) groups is 1. The maximum atomic E-state index is 9.79. The van der Waals surface area contributed by atoms with Gasteiger partial charge in [0.25, 0.3) is 0 Å². The number of hydrogen-bond donors (Lipinski definition) is 1. The van der Waals surface area contributed by atoms with Crippen LogP contribution in [0.1, 0.15) is 24.0 Å². The summed E-state index contributed by atoms with van der Waals surface area (Å²) in [5.74, 6) is 2.11. The molecule has 1 aromatic rings. The largest absolute Gasteiger partial charge is 0.507 e. The Hall–Kier alpha value is -1.31. The highest BCUT2D eigenvalue weighted by Gasteiger charge is 2.56. The number of aromatic hydroxyl groups is 1. The summed E-state index contributed by atoms with van der Waals surface area (Å²) in [4.78, 5) is 4.55. The third-order valence-electron chi connectivity index (χ3n) is 3.77. The summed E-state index contributed by atoms with van der Waals surface area (Å²) < 4.78 is 0. The number of phenols is 1. The molecule has 2 saturated carbocycles. The van der Waals surface area contributed by atoms with Crippen LogP contribution in [0.2, 0.25) is 0 Å². The molecule has 1 aromatic carbocycles. The van der Waals surface area contributed by atoms with Gasteiger partial charge in [0.1, 0.15) is 5.75 Å². The van der Waals surface area contributed by atoms with Gasteiger partial charge in [-0.15, -0.1) is 0 Å². The van der Waals surface area contributed by atoms with Crippen molar-refractivity contribution in [1.82, 2.24) is 0 Å². The lowest BCUT2D eigenvalue weighted by Gasteiger charge is -2.03. The Kier molecular flexibility index (Phi) is 1.84. The Bertz CT molecular complexity index is 415. The van der Waals surface area contributed by atoms with Gasteiger partial charge in [-0.25, -0.2) is 0 Å². The summed E-state index contributed by atoms with van der Waals surface area (Å²) in [7, 11) is 0. The van der Waals surface area contributed by atoms with Gasteiger partial charge in [0, 0.05) is 11.8 Å². The second kappa shape index (κ2) is 3.09. The standard InChI is InChI=1S/C13H15NO/c1-8-3-2-4-9(13(8)15)7-14-12-10-5-6-11(10)12/h2-4,7,10-12,15H,5-6H2,1H3. The van der Waals surface area contributed by atoms with Gasteiger partial charge in [0.05, 0.1) is 6.04 Å². The van der Waals surface area contributed by atoms with Gasteiger partial charge < -0.3 is 5.11 Å². The van der Waals surface area contributed by atoms with Crippen LogP contribution in [0.5, 0.6) is 5.75 Å². The molecular formula is C13H15NO. The first-order valence-corrected chi connectivity index (χ1v) is 5.59. The minimum absolute atomic E-state index is 0.370. The van der Waals surface area contributed by atoms with Crippen LogP contribution in [0, 0.1) is 18.8 Å². The normalized spacial score (nSPS) is 32.5. The van der Waals surface area contributed by atoms with Crippen LogP contribution < -0.4 is 0 Å². The van der Waals surface area contributed by atoms with Gasteiger partial charge >= 0.3 is 0 Å². The van der Waals surface area contributed by atoms with Crippen LogP contribution in [0.4, 0.5) is 0 Å². The number of hydrogen-bond acceptors (Lipinski definition) is 2. The Morgan fingerprint density at radius 2 is 2.07 bits per heavy atom. The molecule has 3 rings (SSSR count). The maximum absolute atomic E-state index is 9.79. The number of nitrogens with zero attached hydrogens (tertiary/aromatic N) is 1. The molecule has 0 spiro atoms. The molecule has 0 amide bonds. The van der Waals surface area contributed by atoms with Gasteiger partial charge in [0.15, 0.2) is 0 Å². The topological polar surface area (TPSA) is 32.6 Å². The summed E-state index contributed by atoms with van der Waals surface area (Å²) in [6.45, 7) is 1.91. The number of benzene rings is 1. The molecule has 2 aliphatic rings. The Morgan fingerprint density at radius 3 is 2.73 bits per heavy atom. The van der Waals surface area contributed by atoms with E-state index in [2.05, 4.69) is 4.99 Å². The zero-order chi connectivity index (χ0) is 10.4. The Labute approximate surface area is 89.7 Å². The average molecular weight is 201 g/mol. The van der Waals surface area contributed by atoms with Crippen LogP contribution in [-0.2, 0) is 0 Å². The molecule has 0 radical (unpaired) electrons. The number of phenolic OH excluding ortho intramolecular Hbond substituents is 1. The van der Waals surface area contributed by atoms with E-state index in [0.29, 0.717) is 11.8 Å². The zero-order valence-corrected chi connectivity index (χ0v) is 8.85. The molecule has 2 fully saturated rings. The highest BCUT2D eigenvalue weighted by molar-refractivity contribution is 5.84. The fourth-order valence-electron chi connectivity index (χ4n) is 2.49. The van der Waals surface area contributed by atoms with Crippen molar-refractivity contribution >= 4 is 6.21 Å². The van der Waals surface area contributed by atoms with Crippen molar-refractivity contribution in [2.24, 2.45) is 16.8 Å². The summed E-state index contributed by atoms with van der Waals surface area (Å²) in [6.07, 6.45) is 4.55. The molecule has 0 heterocycles. The van der Waals surface area contributed by atoms with Crippen molar-refractivity contribution in [3.63, 3.8) is 0 Å². The quantitative estimate of drug-likeness (QED) is 0.733. The molecular weight excluding hydrogens is 186 g/mol. The molecule has 15 heavy (non-hydrogen) atoms. The summed E-state index contributed by atoms with van der Waals surface area (Å²) in [5.41, 5.74) is 1.76. The summed E-state index contributed by atoms with van der Waals surface area (Å²) in [5, 5.41) is 9.79. The SMILES string of the molecule is Cc1cccc(C=NC2C3CCC32)c1O. The monoisotopic (exact) mass is 201 g/mol. The first-order chi connectivity index (χ1) is 7.27. The molecule has 0 aliphatic heterocycles. The highest BCUT2D eigenvalue weighted by Crippen LogP contribution is 2.57. The average Bonchev–Trinajstić information content (AvgIpc) is 2.69. The van der Waals surface area contributed by atoms with E-state index in [0.717, 1.165) is 23.0 Å². The van der Waals surface area contributed by atoms with Gasteiger partial charge in [-0.3, -0.25) is 4.99 Å². The molecule has 0 aromatic heterocycles. The number of fused-ring (bicyclic) bond motifs is 1. The molecule has 78 valence electrons. The van der Waals surface area contributed by atoms with Crippen molar-refractivity contribution in [2.75, 3.05) is 0 Å². The third-order valence-corrected chi connectivity index (χ3v) is 3.77. The van der Waals surface area contributed by atoms with Crippen molar-refractivity contribution in [3.8, 4) is 5.75 Å². The van der Waals surface area contributed by atoms with Crippen LogP contribution in [0.3, 0.4) is 0 Å². The van der Waals surface area contributed by atoms with Crippen molar-refractivity contribution in [1.29, 1.82) is 0 Å². The number of aryl methyl sites for hydroxylation is 1. The van der Waals surface area contributed by atoms with E-state index in [1.807, 2.05) is 31.3 Å². The van der Waals surface area contributed by atoms with Gasteiger partial charge in [-0.2, -0.15) is 0 Å². The van der Waals surface area contributed by atoms with E-state index < -0.39 is 0 Å². The van der Waals surface area contributed by atoms with E-state index in [1.54, 1.807) is 0 Å². The van der Waals surface area contributed by atoms with Gasteiger partial charge in [0.2, 0.25) is 0 Å². The molecule has 0 saturated heterocycles. The van der Waals surface area contributed by atoms with Crippen molar-refractivity contribution in [2.45, 2.75) is 25.8 Å². The fourth-order valence-corrected chi connectivity index (χ4v) is 2.49. The van der Waals surface area contributed by atoms with E-state index in [4.69, 9.17) is 0 Å². The third kappa shape index (κ3) is 1.36. The smallest absolute Gasteiger partial charge is 0.127 e. The van der Waals surface area contributed by atoms with Gasteiger partial charge in [-0.05, 0) is 43.2 Å². The molecule has 2 aliphatic carbocycles. The zero-order valence-electron chi connectivity index (χ0n) is 8.85. The van der Waals surface area contributed by atoms with Crippen LogP contribution in [-0.4, -0.2) is 17.4 Å². The van der Waals surface area contributed by atoms with E-state index in [9.17, 15) is 5.11 Å². The fraction of sp³-hybridized carbons (Fsp3) is 0.462. The lowest BCUT2D eigenvalue weighted by molar-refractivity contribution is 0.468. The summed E-state index contributed by atoms with van der Waals surface area (Å²) >= 11 is 0. The van der Waals surface area contributed by atoms with Crippen molar-refractivity contribution in [3.05, 3.63) is 29.3 Å². The van der Waals surface area contributed by atoms with Gasteiger partial charge in [-0.1, -0.05) is 12.1 Å². The minimum atomic E-state index is 0.370. The predicted octanol–water partition coefficient (Wildman–Crippen LogP) is 2.53. The number of rotatable bonds is 2. The van der Waals surface area contributed by atoms with E-state index in [1.165, 1.54) is 12.8 Å². The molecule has 2 nitrogen and oxygen atoms in total. The lowest BCUT2D eigenvalue weighted by Crippen LogP contribution is -1.93. The first-order valence-electron chi connectivity index (χ1n) is 5.59. The Balaban J connectivity index is 1.78.